The first kappa shape index (κ1) is 20.3. The number of rotatable bonds is 5. The first-order valence-electron chi connectivity index (χ1n) is 9.53. The molecule has 1 amide bonds. The van der Waals surface area contributed by atoms with Gasteiger partial charge in [-0.15, -0.1) is 0 Å². The van der Waals surface area contributed by atoms with E-state index in [0.29, 0.717) is 24.2 Å². The number of sulfonamides is 1. The van der Waals surface area contributed by atoms with Gasteiger partial charge in [0.05, 0.1) is 29.1 Å². The maximum atomic E-state index is 14.4. The number of halogens is 2. The van der Waals surface area contributed by atoms with E-state index in [1.165, 1.54) is 23.7 Å². The monoisotopic (exact) mass is 434 g/mol. The number of benzene rings is 1. The molecule has 30 heavy (non-hydrogen) atoms. The molecule has 1 aliphatic rings. The molecule has 0 saturated carbocycles. The summed E-state index contributed by atoms with van der Waals surface area (Å²) in [6, 6.07) is 6.56. The fraction of sp³-hybridized carbons (Fsp3) is 0.300. The summed E-state index contributed by atoms with van der Waals surface area (Å²) in [4.78, 5) is 14.4. The molecule has 0 radical (unpaired) electrons. The topological polar surface area (TPSA) is 83.8 Å². The summed E-state index contributed by atoms with van der Waals surface area (Å²) in [5, 5.41) is 4.10. The number of carbonyl (C=O) groups is 1. The average Bonchev–Trinajstić information content (AvgIpc) is 3.36. The lowest BCUT2D eigenvalue weighted by molar-refractivity contribution is 0.0983. The number of hydrogen-bond donors (Lipinski definition) is 1. The molecule has 0 spiro atoms. The van der Waals surface area contributed by atoms with Crippen LogP contribution in [0.2, 0.25) is 0 Å². The molecule has 10 heteroatoms. The third kappa shape index (κ3) is 3.74. The van der Waals surface area contributed by atoms with Crippen LogP contribution < -0.4 is 9.62 Å². The fourth-order valence-corrected chi connectivity index (χ4v) is 4.30. The Balaban J connectivity index is 1.71. The Morgan fingerprint density at radius 1 is 1.27 bits per heavy atom. The molecular formula is C20H20F2N4O3S. The number of aromatic nitrogens is 2. The van der Waals surface area contributed by atoms with Gasteiger partial charge < -0.3 is 4.90 Å². The van der Waals surface area contributed by atoms with Gasteiger partial charge in [0.2, 0.25) is 10.0 Å². The smallest absolute Gasteiger partial charge is 0.268 e. The van der Waals surface area contributed by atoms with Crippen LogP contribution in [0.1, 0.15) is 41.7 Å². The lowest BCUT2D eigenvalue weighted by Crippen LogP contribution is -2.31. The third-order valence-corrected chi connectivity index (χ3v) is 6.54. The normalized spacial score (nSPS) is 16.9. The Hall–Kier alpha value is -3.01. The fourth-order valence-electron chi connectivity index (χ4n) is 3.76. The predicted octanol–water partition coefficient (Wildman–Crippen LogP) is 3.03. The predicted molar refractivity (Wildman–Crippen MR) is 108 cm³/mol. The van der Waals surface area contributed by atoms with E-state index in [2.05, 4.69) is 5.10 Å². The highest BCUT2D eigenvalue weighted by Crippen LogP contribution is 2.38. The second-order valence-corrected chi connectivity index (χ2v) is 9.14. The minimum absolute atomic E-state index is 0.113. The summed E-state index contributed by atoms with van der Waals surface area (Å²) in [5.41, 5.74) is 1.53. The van der Waals surface area contributed by atoms with Crippen molar-refractivity contribution < 1.29 is 22.0 Å². The Bertz CT molecular complexity index is 1230. The van der Waals surface area contributed by atoms with Gasteiger partial charge in [0, 0.05) is 24.0 Å². The molecule has 1 fully saturated rings. The van der Waals surface area contributed by atoms with E-state index in [1.54, 1.807) is 18.3 Å². The van der Waals surface area contributed by atoms with Gasteiger partial charge in [-0.3, -0.25) is 4.79 Å². The van der Waals surface area contributed by atoms with Crippen LogP contribution in [-0.4, -0.2) is 36.2 Å². The summed E-state index contributed by atoms with van der Waals surface area (Å²) < 4.78 is 55.0. The maximum absolute atomic E-state index is 14.4. The zero-order valence-corrected chi connectivity index (χ0v) is 17.0. The van der Waals surface area contributed by atoms with E-state index < -0.39 is 27.6 Å². The molecule has 158 valence electrons. The van der Waals surface area contributed by atoms with Gasteiger partial charge in [0.25, 0.3) is 5.91 Å². The Labute approximate surface area is 172 Å². The number of hydrogen-bond acceptors (Lipinski definition) is 5. The zero-order chi connectivity index (χ0) is 21.5. The highest BCUT2D eigenvalue weighted by molar-refractivity contribution is 7.90. The lowest BCUT2D eigenvalue weighted by Gasteiger charge is -2.27. The van der Waals surface area contributed by atoms with Crippen molar-refractivity contribution >= 4 is 27.1 Å². The van der Waals surface area contributed by atoms with E-state index in [0.717, 1.165) is 18.6 Å². The van der Waals surface area contributed by atoms with Crippen molar-refractivity contribution in [3.63, 3.8) is 0 Å². The molecule has 0 bridgehead atoms. The van der Waals surface area contributed by atoms with Crippen LogP contribution in [0.5, 0.6) is 0 Å². The van der Waals surface area contributed by atoms with Gasteiger partial charge in [-0.1, -0.05) is 0 Å². The van der Waals surface area contributed by atoms with Gasteiger partial charge in [-0.05, 0) is 50.1 Å². The highest BCUT2D eigenvalue weighted by Gasteiger charge is 2.29. The van der Waals surface area contributed by atoms with E-state index in [1.807, 2.05) is 9.62 Å². The first-order valence-corrected chi connectivity index (χ1v) is 11.2. The number of fused-ring (bicyclic) bond motifs is 1. The Morgan fingerprint density at radius 2 is 2.07 bits per heavy atom. The lowest BCUT2D eigenvalue weighted by atomic mass is 10.0. The largest absolute Gasteiger partial charge is 0.364 e. The summed E-state index contributed by atoms with van der Waals surface area (Å²) in [7, 11) is -3.72. The number of carbonyl (C=O) groups excluding carboxylic acids is 1. The highest BCUT2D eigenvalue weighted by atomic mass is 32.2. The van der Waals surface area contributed by atoms with E-state index in [-0.39, 0.29) is 22.9 Å². The molecule has 1 atom stereocenters. The standard InChI is InChI=1S/C20H20F2N4O3S/c1-2-30(28,29)24-20(27)16-12-23-26-9-7-14(11-19(16)26)25-8-3-4-18(25)15-10-13(21)5-6-17(15)22/h5-7,9-12,18H,2-4,8H2,1H3,(H,24,27)/t18-/m1/s1. The van der Waals surface area contributed by atoms with Crippen LogP contribution >= 0.6 is 0 Å². The van der Waals surface area contributed by atoms with Crippen molar-refractivity contribution in [3.8, 4) is 0 Å². The number of pyridine rings is 1. The Morgan fingerprint density at radius 3 is 2.83 bits per heavy atom. The Kier molecular flexibility index (Phi) is 5.19. The molecule has 1 N–H and O–H groups in total. The third-order valence-electron chi connectivity index (χ3n) is 5.28. The van der Waals surface area contributed by atoms with Crippen LogP contribution in [0.4, 0.5) is 14.5 Å². The van der Waals surface area contributed by atoms with Crippen molar-refractivity contribution in [3.05, 3.63) is 65.5 Å². The van der Waals surface area contributed by atoms with Crippen LogP contribution in [0, 0.1) is 11.6 Å². The van der Waals surface area contributed by atoms with Crippen LogP contribution in [0.15, 0.2) is 42.7 Å². The number of nitrogens with zero attached hydrogens (tertiary/aromatic N) is 3. The molecule has 1 aliphatic heterocycles. The molecule has 7 nitrogen and oxygen atoms in total. The minimum Gasteiger partial charge on any atom is -0.364 e. The van der Waals surface area contributed by atoms with E-state index in [9.17, 15) is 22.0 Å². The quantitative estimate of drug-likeness (QED) is 0.667. The molecule has 0 unspecified atom stereocenters. The molecule has 0 aliphatic carbocycles. The SMILES string of the molecule is CCS(=O)(=O)NC(=O)c1cnn2ccc(N3CCC[C@@H]3c3cc(F)ccc3F)cc12. The summed E-state index contributed by atoms with van der Waals surface area (Å²) in [6.45, 7) is 2.07. The van der Waals surface area contributed by atoms with Gasteiger partial charge in [0.15, 0.2) is 0 Å². The van der Waals surface area contributed by atoms with Crippen LogP contribution in [0.25, 0.3) is 5.52 Å². The summed E-state index contributed by atoms with van der Waals surface area (Å²) in [5.74, 6) is -1.96. The number of anilines is 1. The number of nitrogens with one attached hydrogen (secondary N) is 1. The van der Waals surface area contributed by atoms with Crippen molar-refractivity contribution in [2.24, 2.45) is 0 Å². The van der Waals surface area contributed by atoms with E-state index >= 15 is 0 Å². The van der Waals surface area contributed by atoms with Crippen molar-refractivity contribution in [2.45, 2.75) is 25.8 Å². The molecule has 2 aromatic heterocycles. The zero-order valence-electron chi connectivity index (χ0n) is 16.2. The van der Waals surface area contributed by atoms with Gasteiger partial charge >= 0.3 is 0 Å². The second kappa shape index (κ2) is 7.67. The summed E-state index contributed by atoms with van der Waals surface area (Å²) in [6.07, 6.45) is 4.40. The van der Waals surface area contributed by atoms with Gasteiger partial charge in [0.1, 0.15) is 11.6 Å². The molecule has 1 saturated heterocycles. The van der Waals surface area contributed by atoms with Crippen LogP contribution in [-0.2, 0) is 10.0 Å². The van der Waals surface area contributed by atoms with Crippen molar-refractivity contribution in [1.82, 2.24) is 14.3 Å². The summed E-state index contributed by atoms with van der Waals surface area (Å²) >= 11 is 0. The first-order chi connectivity index (χ1) is 14.3. The molecular weight excluding hydrogens is 414 g/mol. The molecule has 3 aromatic rings. The molecule has 3 heterocycles. The number of amides is 1. The van der Waals surface area contributed by atoms with E-state index in [4.69, 9.17) is 0 Å². The van der Waals surface area contributed by atoms with Crippen LogP contribution in [0.3, 0.4) is 0 Å². The van der Waals surface area contributed by atoms with Crippen molar-refractivity contribution in [2.75, 3.05) is 17.2 Å². The maximum Gasteiger partial charge on any atom is 0.268 e. The van der Waals surface area contributed by atoms with Gasteiger partial charge in [-0.25, -0.2) is 26.4 Å². The molecule has 4 rings (SSSR count). The van der Waals surface area contributed by atoms with Crippen molar-refractivity contribution in [1.29, 1.82) is 0 Å². The second-order valence-electron chi connectivity index (χ2n) is 7.12. The minimum atomic E-state index is -3.72. The average molecular weight is 434 g/mol. The molecule has 1 aromatic carbocycles. The van der Waals surface area contributed by atoms with Gasteiger partial charge in [-0.2, -0.15) is 5.10 Å².